The molecule has 3 heterocycles. The Bertz CT molecular complexity index is 1570. The molecule has 0 aliphatic heterocycles. The van der Waals surface area contributed by atoms with Gasteiger partial charge in [0, 0.05) is 46.1 Å². The predicted octanol–water partition coefficient (Wildman–Crippen LogP) is 6.37. The highest BCUT2D eigenvalue weighted by Gasteiger charge is 2.37. The molecule has 35 heavy (non-hydrogen) atoms. The van der Waals surface area contributed by atoms with Crippen LogP contribution in [-0.4, -0.2) is 20.9 Å². The molecule has 3 aromatic heterocycles. The molecule has 0 radical (unpaired) electrons. The zero-order valence-electron chi connectivity index (χ0n) is 17.9. The topological polar surface area (TPSA) is 67.8 Å². The van der Waals surface area contributed by atoms with Crippen molar-refractivity contribution in [2.75, 3.05) is 0 Å². The number of fused-ring (bicyclic) bond motifs is 2. The van der Waals surface area contributed by atoms with Crippen LogP contribution in [0.2, 0.25) is 5.02 Å². The van der Waals surface area contributed by atoms with Gasteiger partial charge in [0.15, 0.2) is 0 Å². The number of benzene rings is 2. The second-order valence-electron chi connectivity index (χ2n) is 7.88. The normalized spacial score (nSPS) is 12.6. The fraction of sp³-hybridized carbons (Fsp3) is 0.0769. The second-order valence-corrected chi connectivity index (χ2v) is 8.32. The first-order valence-electron chi connectivity index (χ1n) is 10.5. The molecule has 1 unspecified atom stereocenters. The van der Waals surface area contributed by atoms with Gasteiger partial charge in [0.05, 0.1) is 22.8 Å². The lowest BCUT2D eigenvalue weighted by Crippen LogP contribution is -2.31. The number of hydrogen-bond acceptors (Lipinski definition) is 4. The number of halogens is 4. The number of hydrogen-bond donors (Lipinski definition) is 1. The summed E-state index contributed by atoms with van der Waals surface area (Å²) in [7, 11) is 0. The summed E-state index contributed by atoms with van der Waals surface area (Å²) in [6.45, 7) is 0. The molecule has 0 fully saturated rings. The fourth-order valence-corrected chi connectivity index (χ4v) is 4.09. The summed E-state index contributed by atoms with van der Waals surface area (Å²) >= 11 is 6.10. The van der Waals surface area contributed by atoms with E-state index in [1.165, 1.54) is 18.5 Å². The molecule has 0 saturated carbocycles. The molecule has 0 bridgehead atoms. The molecule has 1 atom stereocenters. The molecule has 2 aromatic carbocycles. The van der Waals surface area contributed by atoms with Crippen molar-refractivity contribution in [1.82, 2.24) is 20.3 Å². The van der Waals surface area contributed by atoms with Gasteiger partial charge in [-0.2, -0.15) is 13.2 Å². The molecule has 0 aliphatic carbocycles. The van der Waals surface area contributed by atoms with Gasteiger partial charge in [0.25, 0.3) is 5.91 Å². The summed E-state index contributed by atoms with van der Waals surface area (Å²) in [5.74, 6) is -0.557. The van der Waals surface area contributed by atoms with E-state index in [1.807, 2.05) is 0 Å². The van der Waals surface area contributed by atoms with Gasteiger partial charge in [-0.05, 0) is 65.5 Å². The number of amides is 1. The van der Waals surface area contributed by atoms with Crippen molar-refractivity contribution in [3.05, 3.63) is 113 Å². The third-order valence-corrected chi connectivity index (χ3v) is 5.83. The number of carbonyl (C=O) groups excluding carboxylic acids is 1. The molecule has 1 N–H and O–H groups in total. The molecular formula is C26H16ClF3N4O. The Kier molecular flexibility index (Phi) is 5.82. The smallest absolute Gasteiger partial charge is 0.339 e. The molecule has 5 nitrogen and oxygen atoms in total. The Hall–Kier alpha value is -4.04. The molecule has 174 valence electrons. The van der Waals surface area contributed by atoms with Crippen LogP contribution in [0.4, 0.5) is 13.2 Å². The van der Waals surface area contributed by atoms with Crippen LogP contribution in [0.1, 0.15) is 33.2 Å². The van der Waals surface area contributed by atoms with Gasteiger partial charge in [0.2, 0.25) is 0 Å². The molecule has 0 saturated heterocycles. The number of rotatable bonds is 4. The van der Waals surface area contributed by atoms with E-state index in [-0.39, 0.29) is 11.3 Å². The lowest BCUT2D eigenvalue weighted by molar-refractivity contribution is -0.138. The maximum Gasteiger partial charge on any atom is 0.418 e. The first-order chi connectivity index (χ1) is 16.8. The van der Waals surface area contributed by atoms with E-state index in [9.17, 15) is 18.0 Å². The van der Waals surface area contributed by atoms with Crippen LogP contribution in [0.25, 0.3) is 21.7 Å². The summed E-state index contributed by atoms with van der Waals surface area (Å²) in [4.78, 5) is 25.7. The minimum absolute atomic E-state index is 0.287. The highest BCUT2D eigenvalue weighted by molar-refractivity contribution is 6.31. The number of alkyl halides is 3. The lowest BCUT2D eigenvalue weighted by Gasteiger charge is -2.22. The van der Waals surface area contributed by atoms with Crippen LogP contribution in [0.5, 0.6) is 0 Å². The molecule has 9 heteroatoms. The maximum atomic E-state index is 13.9. The Morgan fingerprint density at radius 2 is 1.74 bits per heavy atom. The van der Waals surface area contributed by atoms with Gasteiger partial charge < -0.3 is 5.32 Å². The SMILES string of the molecule is O=C(NC(c1cnc2ccc(Cl)cc2c1)c1ncccc1C(F)(F)F)c1ccc2cnccc2c1. The summed E-state index contributed by atoms with van der Waals surface area (Å²) in [5, 5.41) is 5.42. The Balaban J connectivity index is 1.62. The third kappa shape index (κ3) is 4.65. The van der Waals surface area contributed by atoms with Crippen LogP contribution < -0.4 is 5.32 Å². The number of aromatic nitrogens is 3. The van der Waals surface area contributed by atoms with Crippen molar-refractivity contribution in [2.45, 2.75) is 12.2 Å². The maximum absolute atomic E-state index is 13.9. The summed E-state index contributed by atoms with van der Waals surface area (Å²) < 4.78 is 41.6. The zero-order chi connectivity index (χ0) is 24.6. The summed E-state index contributed by atoms with van der Waals surface area (Å²) in [6, 6.07) is 14.4. The van der Waals surface area contributed by atoms with Gasteiger partial charge in [0.1, 0.15) is 0 Å². The van der Waals surface area contributed by atoms with Gasteiger partial charge in [-0.3, -0.25) is 19.7 Å². The average Bonchev–Trinajstić information content (AvgIpc) is 2.86. The van der Waals surface area contributed by atoms with Crippen molar-refractivity contribution in [3.8, 4) is 0 Å². The first-order valence-corrected chi connectivity index (χ1v) is 10.9. The largest absolute Gasteiger partial charge is 0.418 e. The van der Waals surface area contributed by atoms with Gasteiger partial charge in [-0.25, -0.2) is 0 Å². The number of pyridine rings is 3. The average molecular weight is 493 g/mol. The fourth-order valence-electron chi connectivity index (χ4n) is 3.91. The number of nitrogens with one attached hydrogen (secondary N) is 1. The highest BCUT2D eigenvalue weighted by Crippen LogP contribution is 2.36. The van der Waals surface area contributed by atoms with Crippen molar-refractivity contribution in [1.29, 1.82) is 0 Å². The van der Waals surface area contributed by atoms with E-state index in [1.54, 1.807) is 60.9 Å². The van der Waals surface area contributed by atoms with E-state index >= 15 is 0 Å². The van der Waals surface area contributed by atoms with Crippen LogP contribution in [0.3, 0.4) is 0 Å². The minimum atomic E-state index is -4.67. The van der Waals surface area contributed by atoms with Crippen LogP contribution in [0, 0.1) is 0 Å². The van der Waals surface area contributed by atoms with E-state index in [4.69, 9.17) is 11.6 Å². The minimum Gasteiger partial charge on any atom is -0.339 e. The van der Waals surface area contributed by atoms with E-state index in [0.29, 0.717) is 21.5 Å². The second kappa shape index (κ2) is 8.96. The number of carbonyl (C=O) groups is 1. The van der Waals surface area contributed by atoms with Gasteiger partial charge in [-0.15, -0.1) is 0 Å². The quantitative estimate of drug-likeness (QED) is 0.316. The van der Waals surface area contributed by atoms with E-state index < -0.39 is 23.7 Å². The molecule has 0 spiro atoms. The lowest BCUT2D eigenvalue weighted by atomic mass is 9.98. The molecule has 0 aliphatic rings. The monoisotopic (exact) mass is 492 g/mol. The van der Waals surface area contributed by atoms with Gasteiger partial charge >= 0.3 is 6.18 Å². The zero-order valence-corrected chi connectivity index (χ0v) is 18.7. The van der Waals surface area contributed by atoms with Crippen molar-refractivity contribution in [2.24, 2.45) is 0 Å². The Morgan fingerprint density at radius 3 is 2.57 bits per heavy atom. The summed E-state index contributed by atoms with van der Waals surface area (Å²) in [6.07, 6.45) is 1.29. The molecule has 1 amide bonds. The molecule has 5 aromatic rings. The molecular weight excluding hydrogens is 477 g/mol. The van der Waals surface area contributed by atoms with Crippen LogP contribution in [-0.2, 0) is 6.18 Å². The highest BCUT2D eigenvalue weighted by atomic mass is 35.5. The van der Waals surface area contributed by atoms with E-state index in [0.717, 1.165) is 16.8 Å². The Labute approximate surface area is 202 Å². The summed E-state index contributed by atoms with van der Waals surface area (Å²) in [5.41, 5.74) is -0.0386. The predicted molar refractivity (Wildman–Crippen MR) is 127 cm³/mol. The standard InChI is InChI=1S/C26H16ClF3N4O/c27-20-5-6-22-18(12-20)11-19(14-33-22)23(24-21(26(28,29)30)2-1-8-32-24)34-25(35)16-3-4-17-13-31-9-7-15(17)10-16/h1-14,23H,(H,34,35). The van der Waals surface area contributed by atoms with E-state index in [2.05, 4.69) is 20.3 Å². The third-order valence-electron chi connectivity index (χ3n) is 5.59. The van der Waals surface area contributed by atoms with Crippen LogP contribution in [0.15, 0.2) is 85.5 Å². The van der Waals surface area contributed by atoms with Crippen molar-refractivity contribution < 1.29 is 18.0 Å². The first kappa shape index (κ1) is 22.7. The number of nitrogens with zero attached hydrogens (tertiary/aromatic N) is 3. The van der Waals surface area contributed by atoms with Gasteiger partial charge in [-0.1, -0.05) is 17.7 Å². The van der Waals surface area contributed by atoms with Crippen molar-refractivity contribution in [3.63, 3.8) is 0 Å². The molecule has 5 rings (SSSR count). The Morgan fingerprint density at radius 1 is 0.886 bits per heavy atom. The van der Waals surface area contributed by atoms with Crippen molar-refractivity contribution >= 4 is 39.2 Å². The van der Waals surface area contributed by atoms with Crippen LogP contribution >= 0.6 is 11.6 Å².